The average molecular weight is 342 g/mol. The number of fused-ring (bicyclic) bond motifs is 1. The molecule has 0 saturated heterocycles. The van der Waals surface area contributed by atoms with Gasteiger partial charge in [0.2, 0.25) is 5.56 Å². The summed E-state index contributed by atoms with van der Waals surface area (Å²) < 4.78 is 40.9. The lowest BCUT2D eigenvalue weighted by atomic mass is 10.1. The topological polar surface area (TPSA) is 50.7 Å². The van der Waals surface area contributed by atoms with E-state index in [1.165, 1.54) is 11.6 Å². The number of rotatable bonds is 1. The van der Waals surface area contributed by atoms with Gasteiger partial charge in [0.25, 0.3) is 0 Å². The molecule has 0 aliphatic carbocycles. The van der Waals surface area contributed by atoms with Crippen molar-refractivity contribution in [3.63, 3.8) is 0 Å². The molecule has 0 spiro atoms. The molecule has 23 heavy (non-hydrogen) atoms. The smallest absolute Gasteiger partial charge is 0.306 e. The highest BCUT2D eigenvalue weighted by Crippen LogP contribution is 2.35. The Bertz CT molecular complexity index is 972. The Morgan fingerprint density at radius 3 is 2.61 bits per heavy atom. The third-order valence-electron chi connectivity index (χ3n) is 3.62. The van der Waals surface area contributed by atoms with E-state index in [0.29, 0.717) is 22.3 Å². The number of pyridine rings is 1. The molecule has 1 aromatic carbocycles. The van der Waals surface area contributed by atoms with Gasteiger partial charge in [-0.1, -0.05) is 17.7 Å². The van der Waals surface area contributed by atoms with Gasteiger partial charge in [-0.2, -0.15) is 18.3 Å². The highest BCUT2D eigenvalue weighted by Gasteiger charge is 2.35. The Labute approximate surface area is 133 Å². The molecule has 120 valence electrons. The summed E-state index contributed by atoms with van der Waals surface area (Å²) in [6.07, 6.45) is -4.64. The van der Waals surface area contributed by atoms with Crippen LogP contribution in [0.4, 0.5) is 13.2 Å². The lowest BCUT2D eigenvalue weighted by molar-refractivity contribution is -0.136. The lowest BCUT2D eigenvalue weighted by Gasteiger charge is -2.10. The van der Waals surface area contributed by atoms with Crippen LogP contribution in [0, 0.1) is 13.8 Å². The molecule has 2 heterocycles. The summed E-state index contributed by atoms with van der Waals surface area (Å²) in [5.41, 5.74) is -0.525. The van der Waals surface area contributed by atoms with Crippen LogP contribution < -0.4 is 5.56 Å². The monoisotopic (exact) mass is 341 g/mol. The number of H-pyrrole nitrogens is 1. The minimum atomic E-state index is -4.64. The second-order valence-corrected chi connectivity index (χ2v) is 5.56. The number of hydrogen-bond acceptors (Lipinski definition) is 2. The number of nitrogens with one attached hydrogen (secondary N) is 1. The second-order valence-electron chi connectivity index (χ2n) is 5.15. The Hall–Kier alpha value is -2.28. The lowest BCUT2D eigenvalue weighted by Crippen LogP contribution is -2.15. The Balaban J connectivity index is 2.44. The average Bonchev–Trinajstić information content (AvgIpc) is 2.77. The van der Waals surface area contributed by atoms with Gasteiger partial charge in [0.15, 0.2) is 0 Å². The van der Waals surface area contributed by atoms with Crippen LogP contribution in [0.15, 0.2) is 29.1 Å². The molecule has 4 nitrogen and oxygen atoms in total. The molecular formula is C15H11ClF3N3O. The predicted molar refractivity (Wildman–Crippen MR) is 81.2 cm³/mol. The van der Waals surface area contributed by atoms with Crippen molar-refractivity contribution in [2.75, 3.05) is 0 Å². The fraction of sp³-hybridized carbons (Fsp3) is 0.200. The van der Waals surface area contributed by atoms with Crippen molar-refractivity contribution in [3.8, 4) is 5.69 Å². The van der Waals surface area contributed by atoms with E-state index in [2.05, 4.69) is 10.1 Å². The summed E-state index contributed by atoms with van der Waals surface area (Å²) in [6.45, 7) is 3.19. The summed E-state index contributed by atoms with van der Waals surface area (Å²) >= 11 is 6.06. The van der Waals surface area contributed by atoms with Crippen LogP contribution in [0.25, 0.3) is 16.7 Å². The van der Waals surface area contributed by atoms with Crippen molar-refractivity contribution >= 4 is 22.6 Å². The number of alkyl halides is 3. The number of benzene rings is 1. The molecule has 0 aliphatic rings. The number of aromatic nitrogens is 3. The highest BCUT2D eigenvalue weighted by atomic mass is 35.5. The number of nitrogens with zero attached hydrogens (tertiary/aromatic N) is 2. The largest absolute Gasteiger partial charge is 0.417 e. The third-order valence-corrected chi connectivity index (χ3v) is 4.03. The van der Waals surface area contributed by atoms with Gasteiger partial charge in [-0.05, 0) is 31.5 Å². The van der Waals surface area contributed by atoms with Gasteiger partial charge < -0.3 is 4.98 Å². The molecular weight excluding hydrogens is 331 g/mol. The fourth-order valence-corrected chi connectivity index (χ4v) is 2.71. The van der Waals surface area contributed by atoms with Crippen molar-refractivity contribution in [3.05, 3.63) is 56.5 Å². The zero-order valence-corrected chi connectivity index (χ0v) is 12.9. The summed E-state index contributed by atoms with van der Waals surface area (Å²) in [4.78, 5) is 14.1. The molecule has 0 fully saturated rings. The summed E-state index contributed by atoms with van der Waals surface area (Å²) in [7, 11) is 0. The minimum absolute atomic E-state index is 0.00677. The molecule has 0 saturated carbocycles. The maximum atomic E-state index is 13.2. The van der Waals surface area contributed by atoms with Crippen molar-refractivity contribution in [2.24, 2.45) is 0 Å². The number of aromatic amines is 1. The Morgan fingerprint density at radius 2 is 1.96 bits per heavy atom. The molecule has 0 radical (unpaired) electrons. The molecule has 0 bridgehead atoms. The Morgan fingerprint density at radius 1 is 1.26 bits per heavy atom. The van der Waals surface area contributed by atoms with Crippen molar-refractivity contribution in [1.29, 1.82) is 0 Å². The van der Waals surface area contributed by atoms with Gasteiger partial charge in [0, 0.05) is 11.1 Å². The van der Waals surface area contributed by atoms with Crippen LogP contribution in [-0.2, 0) is 6.18 Å². The molecule has 8 heteroatoms. The first-order chi connectivity index (χ1) is 10.7. The fourth-order valence-electron chi connectivity index (χ4n) is 2.54. The van der Waals surface area contributed by atoms with Crippen molar-refractivity contribution in [2.45, 2.75) is 20.0 Å². The Kier molecular flexibility index (Phi) is 3.48. The van der Waals surface area contributed by atoms with E-state index in [1.807, 2.05) is 0 Å². The molecule has 3 rings (SSSR count). The van der Waals surface area contributed by atoms with Gasteiger partial charge in [-0.25, -0.2) is 4.68 Å². The zero-order valence-electron chi connectivity index (χ0n) is 12.1. The number of hydrogen-bond donors (Lipinski definition) is 1. The van der Waals surface area contributed by atoms with Crippen LogP contribution in [0.1, 0.15) is 16.8 Å². The van der Waals surface area contributed by atoms with Gasteiger partial charge in [-0.15, -0.1) is 0 Å². The van der Waals surface area contributed by atoms with E-state index in [1.54, 1.807) is 25.1 Å². The third kappa shape index (κ3) is 2.50. The maximum absolute atomic E-state index is 13.2. The first-order valence-corrected chi connectivity index (χ1v) is 7.03. The summed E-state index contributed by atoms with van der Waals surface area (Å²) in [6, 6.07) is 5.56. The molecule has 0 atom stereocenters. The molecule has 0 aliphatic heterocycles. The molecule has 0 amide bonds. The minimum Gasteiger partial charge on any atom is -0.306 e. The van der Waals surface area contributed by atoms with Crippen LogP contribution in [-0.4, -0.2) is 14.8 Å². The number of aryl methyl sites for hydroxylation is 1. The SMILES string of the molecule is Cc1c(Cl)cccc1-n1nc(C)c2c(C(F)(F)F)cc(=O)[nH]c21. The summed E-state index contributed by atoms with van der Waals surface area (Å²) in [5.74, 6) is 0. The van der Waals surface area contributed by atoms with Gasteiger partial charge in [0.05, 0.1) is 22.3 Å². The second kappa shape index (κ2) is 5.13. The zero-order chi connectivity index (χ0) is 16.9. The van der Waals surface area contributed by atoms with Crippen LogP contribution >= 0.6 is 11.6 Å². The van der Waals surface area contributed by atoms with Gasteiger partial charge >= 0.3 is 6.18 Å². The van der Waals surface area contributed by atoms with Crippen LogP contribution in [0.2, 0.25) is 5.02 Å². The van der Waals surface area contributed by atoms with Crippen LogP contribution in [0.3, 0.4) is 0 Å². The van der Waals surface area contributed by atoms with Crippen molar-refractivity contribution in [1.82, 2.24) is 14.8 Å². The summed E-state index contributed by atoms with van der Waals surface area (Å²) in [5, 5.41) is 4.49. The maximum Gasteiger partial charge on any atom is 0.417 e. The molecule has 0 unspecified atom stereocenters. The molecule has 1 N–H and O–H groups in total. The standard InChI is InChI=1S/C15H11ClF3N3O/c1-7-10(16)4-3-5-11(7)22-14-13(8(2)21-22)9(15(17,18)19)6-12(23)20-14/h3-6H,1-2H3,(H,20,23). The van der Waals surface area contributed by atoms with Crippen LogP contribution in [0.5, 0.6) is 0 Å². The first-order valence-electron chi connectivity index (χ1n) is 6.65. The molecule has 2 aromatic heterocycles. The first kappa shape index (κ1) is 15.6. The predicted octanol–water partition coefficient (Wildman–Crippen LogP) is 4.00. The van der Waals surface area contributed by atoms with E-state index < -0.39 is 17.3 Å². The normalized spacial score (nSPS) is 12.1. The van der Waals surface area contributed by atoms with Gasteiger partial charge in [-0.3, -0.25) is 4.79 Å². The highest BCUT2D eigenvalue weighted by molar-refractivity contribution is 6.31. The molecule has 3 aromatic rings. The quantitative estimate of drug-likeness (QED) is 0.727. The van der Waals surface area contributed by atoms with E-state index in [4.69, 9.17) is 11.6 Å². The van der Waals surface area contributed by atoms with Gasteiger partial charge in [0.1, 0.15) is 5.65 Å². The van der Waals surface area contributed by atoms with E-state index in [0.717, 1.165) is 0 Å². The van der Waals surface area contributed by atoms with Crippen molar-refractivity contribution < 1.29 is 13.2 Å². The number of halogens is 4. The van der Waals surface area contributed by atoms with E-state index >= 15 is 0 Å². The van der Waals surface area contributed by atoms with E-state index in [-0.39, 0.29) is 16.7 Å². The van der Waals surface area contributed by atoms with E-state index in [9.17, 15) is 18.0 Å².